The van der Waals surface area contributed by atoms with Crippen LogP contribution in [0, 0.1) is 0 Å². The van der Waals surface area contributed by atoms with Crippen LogP contribution >= 0.6 is 28.1 Å². The average Bonchev–Trinajstić information content (AvgIpc) is 2.84. The highest BCUT2D eigenvalue weighted by molar-refractivity contribution is 9.10. The summed E-state index contributed by atoms with van der Waals surface area (Å²) >= 11 is 8.51. The Labute approximate surface area is 114 Å². The number of rotatable bonds is 1. The van der Waals surface area contributed by atoms with E-state index in [4.69, 9.17) is 12.2 Å². The minimum Gasteiger partial charge on any atom is -0.358 e. The zero-order valence-corrected chi connectivity index (χ0v) is 11.7. The first kappa shape index (κ1) is 12.5. The molecule has 5 heteroatoms. The van der Waals surface area contributed by atoms with Crippen LogP contribution in [0.1, 0.15) is 12.8 Å². The van der Waals surface area contributed by atoms with E-state index in [2.05, 4.69) is 21.2 Å². The van der Waals surface area contributed by atoms with Crippen molar-refractivity contribution in [2.75, 3.05) is 18.4 Å². The maximum atomic E-state index is 11.9. The van der Waals surface area contributed by atoms with Gasteiger partial charge in [-0.1, -0.05) is 28.1 Å². The van der Waals surface area contributed by atoms with Crippen LogP contribution in [-0.2, 0) is 4.79 Å². The number of carbonyl (C=O) groups excluding carboxylic acids is 1. The van der Waals surface area contributed by atoms with Crippen LogP contribution in [0.25, 0.3) is 0 Å². The van der Waals surface area contributed by atoms with Crippen molar-refractivity contribution < 1.29 is 4.79 Å². The number of nitrogens with one attached hydrogen (secondary N) is 1. The Morgan fingerprint density at radius 1 is 1.24 bits per heavy atom. The van der Waals surface area contributed by atoms with Crippen LogP contribution in [0.15, 0.2) is 28.7 Å². The smallest absolute Gasteiger partial charge is 0.283 e. The zero-order valence-electron chi connectivity index (χ0n) is 9.28. The van der Waals surface area contributed by atoms with Crippen LogP contribution < -0.4 is 5.32 Å². The molecule has 2 rings (SSSR count). The lowest BCUT2D eigenvalue weighted by molar-refractivity contribution is -0.110. The van der Waals surface area contributed by atoms with Crippen molar-refractivity contribution in [3.8, 4) is 0 Å². The Hall–Kier alpha value is -0.940. The third kappa shape index (κ3) is 3.26. The highest BCUT2D eigenvalue weighted by Gasteiger charge is 2.20. The molecule has 0 aromatic heterocycles. The molecule has 1 amide bonds. The Morgan fingerprint density at radius 3 is 2.41 bits per heavy atom. The number of hydrogen-bond donors (Lipinski definition) is 1. The number of halogens is 1. The molecule has 1 aliphatic heterocycles. The molecular formula is C12H13BrN2OS. The summed E-state index contributed by atoms with van der Waals surface area (Å²) in [6.07, 6.45) is 2.23. The van der Waals surface area contributed by atoms with Gasteiger partial charge in [0.05, 0.1) is 0 Å². The van der Waals surface area contributed by atoms with Gasteiger partial charge in [-0.3, -0.25) is 4.79 Å². The summed E-state index contributed by atoms with van der Waals surface area (Å²) in [4.78, 5) is 14.2. The Morgan fingerprint density at radius 2 is 1.82 bits per heavy atom. The molecule has 1 saturated heterocycles. The van der Waals surface area contributed by atoms with Crippen molar-refractivity contribution in [1.29, 1.82) is 0 Å². The fraction of sp³-hybridized carbons (Fsp3) is 0.333. The van der Waals surface area contributed by atoms with Crippen LogP contribution in [0.2, 0.25) is 0 Å². The molecule has 1 N–H and O–H groups in total. The third-order valence-electron chi connectivity index (χ3n) is 2.69. The van der Waals surface area contributed by atoms with Crippen LogP contribution in [0.3, 0.4) is 0 Å². The molecule has 0 radical (unpaired) electrons. The summed E-state index contributed by atoms with van der Waals surface area (Å²) < 4.78 is 0.984. The fourth-order valence-electron chi connectivity index (χ4n) is 1.78. The lowest BCUT2D eigenvalue weighted by Crippen LogP contribution is -2.36. The molecule has 3 nitrogen and oxygen atoms in total. The van der Waals surface area contributed by atoms with Crippen LogP contribution in [0.4, 0.5) is 5.69 Å². The first-order chi connectivity index (χ1) is 8.16. The SMILES string of the molecule is O=C(Nc1ccc(Br)cc1)C(=S)N1CCCC1. The number of hydrogen-bond acceptors (Lipinski definition) is 2. The number of nitrogens with zero attached hydrogens (tertiary/aromatic N) is 1. The van der Waals surface area contributed by atoms with Crippen molar-refractivity contribution >= 4 is 44.7 Å². The topological polar surface area (TPSA) is 32.3 Å². The number of anilines is 1. The van der Waals surface area contributed by atoms with Crippen LogP contribution in [0.5, 0.6) is 0 Å². The summed E-state index contributed by atoms with van der Waals surface area (Å²) in [5, 5.41) is 2.80. The maximum absolute atomic E-state index is 11.9. The van der Waals surface area contributed by atoms with Crippen molar-refractivity contribution in [3.63, 3.8) is 0 Å². The monoisotopic (exact) mass is 312 g/mol. The second kappa shape index (κ2) is 5.60. The van der Waals surface area contributed by atoms with Crippen molar-refractivity contribution in [2.45, 2.75) is 12.8 Å². The molecule has 1 aliphatic rings. The summed E-state index contributed by atoms with van der Waals surface area (Å²) in [5.41, 5.74) is 0.764. The molecule has 1 aromatic rings. The van der Waals surface area contributed by atoms with E-state index in [1.807, 2.05) is 29.2 Å². The van der Waals surface area contributed by atoms with E-state index >= 15 is 0 Å². The van der Waals surface area contributed by atoms with Crippen molar-refractivity contribution in [1.82, 2.24) is 4.90 Å². The molecule has 0 unspecified atom stereocenters. The number of benzene rings is 1. The molecular weight excluding hydrogens is 300 g/mol. The van der Waals surface area contributed by atoms with Gasteiger partial charge in [-0.05, 0) is 37.1 Å². The summed E-state index contributed by atoms with van der Waals surface area (Å²) in [6, 6.07) is 7.45. The van der Waals surface area contributed by atoms with E-state index in [9.17, 15) is 4.79 Å². The molecule has 90 valence electrons. The fourth-order valence-corrected chi connectivity index (χ4v) is 2.28. The van der Waals surface area contributed by atoms with Gasteiger partial charge in [0.2, 0.25) is 0 Å². The minimum absolute atomic E-state index is 0.191. The lowest BCUT2D eigenvalue weighted by Gasteiger charge is -2.17. The molecule has 0 aliphatic carbocycles. The Bertz CT molecular complexity index is 427. The van der Waals surface area contributed by atoms with E-state index in [1.165, 1.54) is 0 Å². The normalized spacial score (nSPS) is 14.8. The standard InChI is InChI=1S/C12H13BrN2OS/c13-9-3-5-10(6-4-9)14-11(16)12(17)15-7-1-2-8-15/h3-6H,1-2,7-8H2,(H,14,16). The highest BCUT2D eigenvalue weighted by atomic mass is 79.9. The molecule has 0 saturated carbocycles. The van der Waals surface area contributed by atoms with E-state index in [-0.39, 0.29) is 5.91 Å². The van der Waals surface area contributed by atoms with E-state index < -0.39 is 0 Å². The third-order valence-corrected chi connectivity index (χ3v) is 3.66. The second-order valence-corrected chi connectivity index (χ2v) is 5.26. The molecule has 1 fully saturated rings. The molecule has 1 aromatic carbocycles. The zero-order chi connectivity index (χ0) is 12.3. The molecule has 0 spiro atoms. The lowest BCUT2D eigenvalue weighted by atomic mass is 10.3. The predicted molar refractivity (Wildman–Crippen MR) is 76.2 cm³/mol. The van der Waals surface area contributed by atoms with E-state index in [0.29, 0.717) is 4.99 Å². The van der Waals surface area contributed by atoms with Gasteiger partial charge in [0.25, 0.3) is 5.91 Å². The van der Waals surface area contributed by atoms with Gasteiger partial charge in [-0.15, -0.1) is 0 Å². The Balaban J connectivity index is 1.96. The van der Waals surface area contributed by atoms with Gasteiger partial charge < -0.3 is 10.2 Å². The van der Waals surface area contributed by atoms with Gasteiger partial charge in [-0.25, -0.2) is 0 Å². The Kier molecular flexibility index (Phi) is 4.12. The van der Waals surface area contributed by atoms with Gasteiger partial charge in [-0.2, -0.15) is 0 Å². The van der Waals surface area contributed by atoms with Crippen molar-refractivity contribution in [3.05, 3.63) is 28.7 Å². The average molecular weight is 313 g/mol. The molecule has 1 heterocycles. The quantitative estimate of drug-likeness (QED) is 0.809. The number of carbonyl (C=O) groups is 1. The summed E-state index contributed by atoms with van der Waals surface area (Å²) in [5.74, 6) is -0.191. The van der Waals surface area contributed by atoms with E-state index in [0.717, 1.165) is 36.1 Å². The van der Waals surface area contributed by atoms with Crippen molar-refractivity contribution in [2.24, 2.45) is 0 Å². The van der Waals surface area contributed by atoms with Gasteiger partial charge in [0, 0.05) is 23.2 Å². The molecule has 0 bridgehead atoms. The number of thiocarbonyl (C=S) groups is 1. The largest absolute Gasteiger partial charge is 0.358 e. The maximum Gasteiger partial charge on any atom is 0.283 e. The molecule has 17 heavy (non-hydrogen) atoms. The predicted octanol–water partition coefficient (Wildman–Crippen LogP) is 2.81. The molecule has 0 atom stereocenters. The van der Waals surface area contributed by atoms with Gasteiger partial charge in [0.1, 0.15) is 0 Å². The van der Waals surface area contributed by atoms with Gasteiger partial charge >= 0.3 is 0 Å². The first-order valence-electron chi connectivity index (χ1n) is 5.52. The number of likely N-dealkylation sites (tertiary alicyclic amines) is 1. The number of amides is 1. The minimum atomic E-state index is -0.191. The second-order valence-electron chi connectivity index (χ2n) is 3.96. The summed E-state index contributed by atoms with van der Waals surface area (Å²) in [6.45, 7) is 1.79. The first-order valence-corrected chi connectivity index (χ1v) is 6.73. The van der Waals surface area contributed by atoms with Crippen LogP contribution in [-0.4, -0.2) is 28.9 Å². The summed E-state index contributed by atoms with van der Waals surface area (Å²) in [7, 11) is 0. The van der Waals surface area contributed by atoms with Gasteiger partial charge in [0.15, 0.2) is 4.99 Å². The van der Waals surface area contributed by atoms with E-state index in [1.54, 1.807) is 0 Å². The highest BCUT2D eigenvalue weighted by Crippen LogP contribution is 2.15.